The molecule has 0 saturated heterocycles. The third kappa shape index (κ3) is 9.17. The van der Waals surface area contributed by atoms with Crippen LogP contribution in [0, 0.1) is 29.6 Å². The largest absolute Gasteiger partial charge is 0.416 e. The van der Waals surface area contributed by atoms with Crippen LogP contribution in [0.3, 0.4) is 0 Å². The molecule has 2 aliphatic heterocycles. The van der Waals surface area contributed by atoms with Gasteiger partial charge in [0.1, 0.15) is 11.6 Å². The highest BCUT2D eigenvalue weighted by molar-refractivity contribution is 6.06. The van der Waals surface area contributed by atoms with E-state index < -0.39 is 18.1 Å². The lowest BCUT2D eigenvalue weighted by molar-refractivity contribution is 0.111. The van der Waals surface area contributed by atoms with E-state index in [1.165, 1.54) is 21.4 Å². The van der Waals surface area contributed by atoms with Gasteiger partial charge < -0.3 is 9.47 Å². The number of hydrogen-bond acceptors (Lipinski definition) is 12. The molecule has 0 bridgehead atoms. The summed E-state index contributed by atoms with van der Waals surface area (Å²) in [6.07, 6.45) is 16.7. The Hall–Kier alpha value is -7.41. The highest BCUT2D eigenvalue weighted by atomic mass is 19.1. The van der Waals surface area contributed by atoms with Crippen LogP contribution < -0.4 is 32.0 Å². The molecule has 0 atom stereocenters. The van der Waals surface area contributed by atoms with Crippen molar-refractivity contribution >= 4 is 35.2 Å². The summed E-state index contributed by atoms with van der Waals surface area (Å²) in [6.45, 7) is 0.343. The van der Waals surface area contributed by atoms with Crippen LogP contribution >= 0.6 is 0 Å². The van der Waals surface area contributed by atoms with Crippen molar-refractivity contribution in [2.24, 2.45) is 9.98 Å². The van der Waals surface area contributed by atoms with Crippen molar-refractivity contribution in [2.75, 3.05) is 13.1 Å². The van der Waals surface area contributed by atoms with E-state index in [0.29, 0.717) is 46.4 Å². The molecule has 19 heteroatoms. The van der Waals surface area contributed by atoms with E-state index in [2.05, 4.69) is 43.6 Å². The lowest BCUT2D eigenvalue weighted by atomic mass is 9.92. The number of ether oxygens (including phenoxy) is 2. The molecule has 0 unspecified atom stereocenters. The number of aromatic nitrogens is 6. The molecule has 0 aromatic carbocycles. The van der Waals surface area contributed by atoms with Crippen molar-refractivity contribution in [1.82, 2.24) is 38.0 Å². The number of aliphatic imine (C=N–C) groups is 2. The van der Waals surface area contributed by atoms with Crippen molar-refractivity contribution in [3.63, 3.8) is 0 Å². The summed E-state index contributed by atoms with van der Waals surface area (Å²) in [6, 6.07) is 6.25. The van der Waals surface area contributed by atoms with Crippen LogP contribution in [0.1, 0.15) is 125 Å². The Morgan fingerprint density at radius 2 is 1.06 bits per heavy atom. The van der Waals surface area contributed by atoms with Gasteiger partial charge in [-0.25, -0.2) is 34.1 Å². The van der Waals surface area contributed by atoms with E-state index in [9.17, 15) is 33.2 Å². The highest BCUT2D eigenvalue weighted by Crippen LogP contribution is 2.41. The Bertz CT molecular complexity index is 3180. The molecule has 6 heterocycles. The van der Waals surface area contributed by atoms with E-state index in [-0.39, 0.29) is 84.0 Å². The van der Waals surface area contributed by atoms with E-state index in [1.54, 1.807) is 37.3 Å². The number of carbonyl (C=O) groups is 2. The Balaban J connectivity index is 0.000000151. The molecule has 18 nitrogen and oxygen atoms in total. The summed E-state index contributed by atoms with van der Waals surface area (Å²) in [7, 11) is 0. The van der Waals surface area contributed by atoms with Gasteiger partial charge in [0.25, 0.3) is 11.1 Å². The molecule has 4 aromatic heterocycles. The summed E-state index contributed by atoms with van der Waals surface area (Å²) in [5.74, 6) is 13.0. The predicted octanol–water partition coefficient (Wildman–Crippen LogP) is 5.66. The number of hydrogen-bond donors (Lipinski definition) is 0. The normalized spacial score (nSPS) is 18.8. The number of carbonyl (C=O) groups excluding carboxylic acids is 2. The fraction of sp³-hybridized carbons (Fsp3) is 0.480. The van der Waals surface area contributed by atoms with Crippen molar-refractivity contribution in [3.05, 3.63) is 102 Å². The van der Waals surface area contributed by atoms with E-state index >= 15 is 0 Å². The summed E-state index contributed by atoms with van der Waals surface area (Å²) < 4.78 is 30.1. The molecule has 0 spiro atoms. The van der Waals surface area contributed by atoms with E-state index in [0.717, 1.165) is 102 Å². The smallest absolute Gasteiger partial charge is 0.409 e. The van der Waals surface area contributed by atoms with Crippen LogP contribution in [-0.2, 0) is 12.8 Å². The van der Waals surface area contributed by atoms with Crippen molar-refractivity contribution in [2.45, 2.75) is 139 Å². The predicted molar refractivity (Wildman–Crippen MR) is 249 cm³/mol. The second-order valence-corrected chi connectivity index (χ2v) is 18.9. The van der Waals surface area contributed by atoms with Gasteiger partial charge in [-0.05, 0) is 126 Å². The quantitative estimate of drug-likeness (QED) is 0.141. The average Bonchev–Trinajstić information content (AvgIpc) is 4.05. The van der Waals surface area contributed by atoms with Gasteiger partial charge >= 0.3 is 23.6 Å². The number of nitrogens with zero attached hydrogens (tertiary/aromatic N) is 10. The van der Waals surface area contributed by atoms with Crippen LogP contribution in [0.15, 0.2) is 72.0 Å². The number of halogens is 1. The molecular weight excluding hydrogens is 888 g/mol. The number of rotatable bonds is 10. The molecule has 0 N–H and O–H groups in total. The molecule has 6 saturated carbocycles. The zero-order valence-electron chi connectivity index (χ0n) is 37.8. The SMILES string of the molecule is O=C(Oc1ccc(F)nc1)N(CC#CC1=Nc2c(c(=O)n(C3CC3)c(=O)n2C2CC2)C1)C1CCC1.O=C(Oc1cccnc1)N(CC#CC1=Nc2c(c(=O)n(C3CC3)c(=O)n2C2CC2)C1)C1CCC1. The standard InChI is InChI=1S/C25H24FN5O4.C25H25N5O4/c26-21-11-10-19(14-27-21)35-25(34)29(16-4-1-5-16)12-2-3-15-13-20-22(28-15)30(17-6-7-17)24(33)31(23(20)32)18-8-9-18;31-23-21-14-16(27-22(21)29(18-8-9-18)24(32)30(23)19-10-11-19)4-3-13-28(17-5-1-6-17)25(33)34-20-7-2-12-26-15-20/h10-11,14,16-18H,1,4-9,12-13H2;2,7,12,15,17-19H,1,5-6,8-11,13-14H2. The van der Waals surface area contributed by atoms with E-state index in [4.69, 9.17) is 9.47 Å². The first-order valence-corrected chi connectivity index (χ1v) is 24.0. The first-order valence-electron chi connectivity index (χ1n) is 24.0. The first-order chi connectivity index (χ1) is 33.6. The minimum absolute atomic E-state index is 0.00112. The molecule has 2 amide bonds. The van der Waals surface area contributed by atoms with Gasteiger partial charge in [0, 0.05) is 55.3 Å². The Morgan fingerprint density at radius 3 is 1.43 bits per heavy atom. The van der Waals surface area contributed by atoms with Crippen LogP contribution in [0.4, 0.5) is 25.6 Å². The number of pyridine rings is 2. The van der Waals surface area contributed by atoms with Gasteiger partial charge in [-0.15, -0.1) is 0 Å². The molecular formula is C50H49FN10O8. The van der Waals surface area contributed by atoms with Gasteiger partial charge in [-0.3, -0.25) is 42.6 Å². The highest BCUT2D eigenvalue weighted by Gasteiger charge is 2.39. The number of amides is 2. The monoisotopic (exact) mass is 936 g/mol. The topological polar surface area (TPSA) is 198 Å². The van der Waals surface area contributed by atoms with Gasteiger partial charge in [0.15, 0.2) is 11.5 Å². The molecule has 8 aliphatic rings. The van der Waals surface area contributed by atoms with Crippen molar-refractivity contribution in [1.29, 1.82) is 0 Å². The molecule has 69 heavy (non-hydrogen) atoms. The molecule has 4 aromatic rings. The zero-order chi connectivity index (χ0) is 47.3. The third-order valence-electron chi connectivity index (χ3n) is 13.8. The Morgan fingerprint density at radius 1 is 0.609 bits per heavy atom. The van der Waals surface area contributed by atoms with Crippen LogP contribution in [0.5, 0.6) is 11.5 Å². The van der Waals surface area contributed by atoms with Crippen LogP contribution in [-0.4, -0.2) is 86.8 Å². The molecule has 6 aliphatic carbocycles. The first kappa shape index (κ1) is 44.1. The second kappa shape index (κ2) is 18.2. The molecule has 0 radical (unpaired) electrons. The van der Waals surface area contributed by atoms with Gasteiger partial charge in [-0.2, -0.15) is 4.39 Å². The molecule has 12 rings (SSSR count). The van der Waals surface area contributed by atoms with Gasteiger partial charge in [-0.1, -0.05) is 11.8 Å². The lowest BCUT2D eigenvalue weighted by Gasteiger charge is -2.35. The summed E-state index contributed by atoms with van der Waals surface area (Å²) in [4.78, 5) is 97.5. The summed E-state index contributed by atoms with van der Waals surface area (Å²) in [5.41, 5.74) is 1.20. The summed E-state index contributed by atoms with van der Waals surface area (Å²) >= 11 is 0. The maximum absolute atomic E-state index is 13.0. The fourth-order valence-electron chi connectivity index (χ4n) is 9.04. The maximum Gasteiger partial charge on any atom is 0.416 e. The van der Waals surface area contributed by atoms with Crippen LogP contribution in [0.25, 0.3) is 0 Å². The molecule has 354 valence electrons. The van der Waals surface area contributed by atoms with Crippen molar-refractivity contribution < 1.29 is 23.5 Å². The van der Waals surface area contributed by atoms with Gasteiger partial charge in [0.2, 0.25) is 5.95 Å². The third-order valence-corrected chi connectivity index (χ3v) is 13.8. The summed E-state index contributed by atoms with van der Waals surface area (Å²) in [5, 5.41) is 0. The van der Waals surface area contributed by atoms with Gasteiger partial charge in [0.05, 0.1) is 48.0 Å². The minimum Gasteiger partial charge on any atom is -0.409 e. The Labute approximate surface area is 394 Å². The second-order valence-electron chi connectivity index (χ2n) is 18.9. The van der Waals surface area contributed by atoms with Crippen LogP contribution in [0.2, 0.25) is 0 Å². The average molecular weight is 937 g/mol. The zero-order valence-corrected chi connectivity index (χ0v) is 37.8. The minimum atomic E-state index is -0.652. The maximum atomic E-state index is 13.0. The van der Waals surface area contributed by atoms with Crippen molar-refractivity contribution in [3.8, 4) is 35.2 Å². The fourth-order valence-corrected chi connectivity index (χ4v) is 9.04. The number of fused-ring (bicyclic) bond motifs is 2. The lowest BCUT2D eigenvalue weighted by Crippen LogP contribution is -2.45. The van der Waals surface area contributed by atoms with E-state index in [1.807, 2.05) is 0 Å². The molecule has 6 fully saturated rings. The Kier molecular flexibility index (Phi) is 11.7.